The Labute approximate surface area is 162 Å². The first kappa shape index (κ1) is 19.6. The fourth-order valence-electron chi connectivity index (χ4n) is 3.01. The molecular formula is C24H20F3N. The second kappa shape index (κ2) is 8.70. The van der Waals surface area contributed by atoms with Crippen LogP contribution >= 0.6 is 0 Å². The van der Waals surface area contributed by atoms with Gasteiger partial charge in [0.15, 0.2) is 0 Å². The molecule has 1 atom stereocenters. The lowest BCUT2D eigenvalue weighted by atomic mass is 9.98. The zero-order chi connectivity index (χ0) is 20.0. The number of benzene rings is 3. The smallest absolute Gasteiger partial charge is 0.276 e. The highest BCUT2D eigenvalue weighted by Crippen LogP contribution is 2.33. The van der Waals surface area contributed by atoms with Gasteiger partial charge in [0.2, 0.25) is 0 Å². The number of rotatable bonds is 6. The number of alkyl halides is 3. The number of aliphatic imine (C=N–C) groups is 1. The predicted octanol–water partition coefficient (Wildman–Crippen LogP) is 6.86. The molecule has 0 radical (unpaired) electrons. The molecule has 0 N–H and O–H groups in total. The van der Waals surface area contributed by atoms with Crippen LogP contribution in [0, 0.1) is 0 Å². The number of nitrogens with zero attached hydrogens (tertiary/aromatic N) is 1. The third-order valence-electron chi connectivity index (χ3n) is 4.37. The summed E-state index contributed by atoms with van der Waals surface area (Å²) in [6.45, 7) is 3.76. The quantitative estimate of drug-likeness (QED) is 0.328. The zero-order valence-corrected chi connectivity index (χ0v) is 15.2. The Morgan fingerprint density at radius 2 is 1.43 bits per heavy atom. The minimum Gasteiger partial charge on any atom is -0.276 e. The number of hydrogen-bond acceptors (Lipinski definition) is 1. The SMILES string of the molecule is C=CC[C@@H](N=C(c1ccccc1)c1ccccc1)c1cccc(C(F)(F)F)c1. The minimum atomic E-state index is -4.39. The van der Waals surface area contributed by atoms with Crippen LogP contribution < -0.4 is 0 Å². The van der Waals surface area contributed by atoms with E-state index in [1.165, 1.54) is 12.1 Å². The van der Waals surface area contributed by atoms with Crippen LogP contribution in [0.3, 0.4) is 0 Å². The summed E-state index contributed by atoms with van der Waals surface area (Å²) in [7, 11) is 0. The third-order valence-corrected chi connectivity index (χ3v) is 4.37. The normalized spacial score (nSPS) is 12.2. The van der Waals surface area contributed by atoms with Gasteiger partial charge in [0.25, 0.3) is 0 Å². The molecule has 0 saturated heterocycles. The van der Waals surface area contributed by atoms with Crippen molar-refractivity contribution in [3.05, 3.63) is 120 Å². The highest BCUT2D eigenvalue weighted by atomic mass is 19.4. The fourth-order valence-corrected chi connectivity index (χ4v) is 3.01. The molecule has 0 spiro atoms. The molecule has 0 amide bonds. The van der Waals surface area contributed by atoms with Gasteiger partial charge in [-0.1, -0.05) is 78.9 Å². The summed E-state index contributed by atoms with van der Waals surface area (Å²) in [4.78, 5) is 4.88. The first-order chi connectivity index (χ1) is 13.5. The Bertz CT molecular complexity index is 903. The fraction of sp³-hybridized carbons (Fsp3) is 0.125. The highest BCUT2D eigenvalue weighted by Gasteiger charge is 2.31. The Morgan fingerprint density at radius 1 is 0.857 bits per heavy atom. The van der Waals surface area contributed by atoms with Crippen molar-refractivity contribution in [1.29, 1.82) is 0 Å². The van der Waals surface area contributed by atoms with E-state index in [1.54, 1.807) is 12.1 Å². The maximum atomic E-state index is 13.2. The summed E-state index contributed by atoms with van der Waals surface area (Å²) in [5.74, 6) is 0. The molecule has 0 unspecified atom stereocenters. The molecule has 28 heavy (non-hydrogen) atoms. The molecule has 142 valence electrons. The molecule has 0 fully saturated rings. The van der Waals surface area contributed by atoms with E-state index in [9.17, 15) is 13.2 Å². The Balaban J connectivity index is 2.11. The van der Waals surface area contributed by atoms with E-state index in [4.69, 9.17) is 4.99 Å². The van der Waals surface area contributed by atoms with Crippen LogP contribution in [0.2, 0.25) is 0 Å². The maximum Gasteiger partial charge on any atom is 0.416 e. The second-order valence-electron chi connectivity index (χ2n) is 6.37. The number of halogens is 3. The van der Waals surface area contributed by atoms with Gasteiger partial charge in [0.05, 0.1) is 17.3 Å². The maximum absolute atomic E-state index is 13.2. The highest BCUT2D eigenvalue weighted by molar-refractivity contribution is 6.13. The summed E-state index contributed by atoms with van der Waals surface area (Å²) in [6.07, 6.45) is -2.27. The molecule has 3 aromatic carbocycles. The summed E-state index contributed by atoms with van der Waals surface area (Å²) >= 11 is 0. The van der Waals surface area contributed by atoms with E-state index >= 15 is 0 Å². The first-order valence-corrected chi connectivity index (χ1v) is 8.95. The molecule has 0 heterocycles. The van der Waals surface area contributed by atoms with Crippen molar-refractivity contribution in [2.24, 2.45) is 4.99 Å². The molecular weight excluding hydrogens is 359 g/mol. The molecule has 0 aliphatic heterocycles. The Kier molecular flexibility index (Phi) is 6.09. The van der Waals surface area contributed by atoms with E-state index in [-0.39, 0.29) is 0 Å². The lowest BCUT2D eigenvalue weighted by molar-refractivity contribution is -0.137. The minimum absolute atomic E-state index is 0.435. The van der Waals surface area contributed by atoms with Crippen LogP contribution in [0.5, 0.6) is 0 Å². The van der Waals surface area contributed by atoms with Crippen molar-refractivity contribution in [3.63, 3.8) is 0 Å². The Hall–Kier alpha value is -3.14. The molecule has 1 nitrogen and oxygen atoms in total. The van der Waals surface area contributed by atoms with Gasteiger partial charge in [0.1, 0.15) is 0 Å². The van der Waals surface area contributed by atoms with Gasteiger partial charge >= 0.3 is 6.18 Å². The van der Waals surface area contributed by atoms with Gasteiger partial charge in [-0.05, 0) is 24.1 Å². The van der Waals surface area contributed by atoms with Gasteiger partial charge in [-0.25, -0.2) is 0 Å². The van der Waals surface area contributed by atoms with Crippen LogP contribution in [0.4, 0.5) is 13.2 Å². The van der Waals surface area contributed by atoms with Crippen molar-refractivity contribution in [2.75, 3.05) is 0 Å². The summed E-state index contributed by atoms with van der Waals surface area (Å²) in [5.41, 5.74) is 2.41. The molecule has 0 aromatic heterocycles. The average Bonchev–Trinajstić information content (AvgIpc) is 2.72. The van der Waals surface area contributed by atoms with E-state index in [2.05, 4.69) is 6.58 Å². The zero-order valence-electron chi connectivity index (χ0n) is 15.2. The molecule has 3 aromatic rings. The molecule has 3 rings (SSSR count). The van der Waals surface area contributed by atoms with E-state index in [0.29, 0.717) is 12.0 Å². The van der Waals surface area contributed by atoms with Gasteiger partial charge in [-0.15, -0.1) is 6.58 Å². The standard InChI is InChI=1S/C24H20F3N/c1-2-10-22(20-15-9-16-21(17-20)24(25,26)27)28-23(18-11-5-3-6-12-18)19-13-7-4-8-14-19/h2-9,11-17,22H,1,10H2/t22-/m1/s1. The molecule has 0 bridgehead atoms. The lowest BCUT2D eigenvalue weighted by Crippen LogP contribution is -2.09. The van der Waals surface area contributed by atoms with Crippen LogP contribution in [0.15, 0.2) is 103 Å². The summed E-state index contributed by atoms with van der Waals surface area (Å²) in [6, 6.07) is 24.2. The van der Waals surface area contributed by atoms with Crippen molar-refractivity contribution in [2.45, 2.75) is 18.6 Å². The van der Waals surface area contributed by atoms with Gasteiger partial charge in [0, 0.05) is 11.1 Å². The van der Waals surface area contributed by atoms with Gasteiger partial charge < -0.3 is 0 Å². The van der Waals surface area contributed by atoms with Crippen LogP contribution in [-0.4, -0.2) is 5.71 Å². The number of hydrogen-bond donors (Lipinski definition) is 0. The van der Waals surface area contributed by atoms with Crippen LogP contribution in [-0.2, 0) is 6.18 Å². The van der Waals surface area contributed by atoms with E-state index < -0.39 is 17.8 Å². The van der Waals surface area contributed by atoms with Crippen LogP contribution in [0.25, 0.3) is 0 Å². The second-order valence-corrected chi connectivity index (χ2v) is 6.37. The summed E-state index contributed by atoms with van der Waals surface area (Å²) < 4.78 is 39.5. The van der Waals surface area contributed by atoms with Crippen molar-refractivity contribution in [3.8, 4) is 0 Å². The van der Waals surface area contributed by atoms with E-state index in [1.807, 2.05) is 60.7 Å². The van der Waals surface area contributed by atoms with Crippen molar-refractivity contribution >= 4 is 5.71 Å². The monoisotopic (exact) mass is 379 g/mol. The van der Waals surface area contributed by atoms with Crippen LogP contribution in [0.1, 0.15) is 34.7 Å². The molecule has 0 aliphatic carbocycles. The molecule has 0 saturated carbocycles. The van der Waals surface area contributed by atoms with Crippen molar-refractivity contribution < 1.29 is 13.2 Å². The third kappa shape index (κ3) is 4.77. The van der Waals surface area contributed by atoms with Gasteiger partial charge in [-0.2, -0.15) is 13.2 Å². The molecule has 4 heteroatoms. The van der Waals surface area contributed by atoms with Gasteiger partial charge in [-0.3, -0.25) is 4.99 Å². The predicted molar refractivity (Wildman–Crippen MR) is 108 cm³/mol. The summed E-state index contributed by atoms with van der Waals surface area (Å²) in [5, 5.41) is 0. The Morgan fingerprint density at radius 3 is 1.93 bits per heavy atom. The molecule has 0 aliphatic rings. The van der Waals surface area contributed by atoms with Crippen molar-refractivity contribution in [1.82, 2.24) is 0 Å². The largest absolute Gasteiger partial charge is 0.416 e. The first-order valence-electron chi connectivity index (χ1n) is 8.95. The topological polar surface area (TPSA) is 12.4 Å². The lowest BCUT2D eigenvalue weighted by Gasteiger charge is -2.17. The average molecular weight is 379 g/mol. The van der Waals surface area contributed by atoms with E-state index in [0.717, 1.165) is 22.9 Å².